The van der Waals surface area contributed by atoms with Gasteiger partial charge in [0.25, 0.3) is 7.37 Å². The highest BCUT2D eigenvalue weighted by atomic mass is 31.2. The second-order valence-electron chi connectivity index (χ2n) is 10.5. The first kappa shape index (κ1) is 21.7. The topological polar surface area (TPSA) is 52.3 Å². The fraction of sp³-hybridized carbons (Fsp3) is 0.333. The molecule has 0 spiro atoms. The van der Waals surface area contributed by atoms with Crippen molar-refractivity contribution in [3.8, 4) is 16.9 Å². The van der Waals surface area contributed by atoms with Gasteiger partial charge < -0.3 is 10.3 Å². The summed E-state index contributed by atoms with van der Waals surface area (Å²) in [4.78, 5) is 0. The lowest BCUT2D eigenvalue weighted by Crippen LogP contribution is -2.22. The summed E-state index contributed by atoms with van der Waals surface area (Å²) in [6.07, 6.45) is 0.338. The molecule has 3 nitrogen and oxygen atoms in total. The third-order valence-electron chi connectivity index (χ3n) is 5.94. The van der Waals surface area contributed by atoms with Gasteiger partial charge in [0.2, 0.25) is 0 Å². The van der Waals surface area contributed by atoms with E-state index >= 15 is 0 Å². The molecule has 0 saturated heterocycles. The molecule has 0 radical (unpaired) electrons. The summed E-state index contributed by atoms with van der Waals surface area (Å²) in [5.41, 5.74) is 12.4. The predicted octanol–water partition coefficient (Wildman–Crippen LogP) is 7.03. The highest BCUT2D eigenvalue weighted by molar-refractivity contribution is 7.67. The minimum atomic E-state index is -3.16. The summed E-state index contributed by atoms with van der Waals surface area (Å²) in [5, 5.41) is 0.792. The van der Waals surface area contributed by atoms with Crippen LogP contribution in [0.2, 0.25) is 0 Å². The van der Waals surface area contributed by atoms with E-state index < -0.39 is 7.37 Å². The molecule has 31 heavy (non-hydrogen) atoms. The van der Waals surface area contributed by atoms with E-state index in [-0.39, 0.29) is 10.8 Å². The summed E-state index contributed by atoms with van der Waals surface area (Å²) in [6.45, 7) is 13.0. The molecule has 1 heterocycles. The van der Waals surface area contributed by atoms with E-state index in [1.165, 1.54) is 0 Å². The van der Waals surface area contributed by atoms with Gasteiger partial charge in [-0.2, -0.15) is 0 Å². The minimum Gasteiger partial charge on any atom is -0.439 e. The van der Waals surface area contributed by atoms with Gasteiger partial charge in [-0.1, -0.05) is 90.1 Å². The Balaban J connectivity index is 1.87. The van der Waals surface area contributed by atoms with Gasteiger partial charge in [0.05, 0.1) is 11.5 Å². The molecule has 0 aliphatic carbocycles. The minimum absolute atomic E-state index is 0.119. The van der Waals surface area contributed by atoms with Gasteiger partial charge in [-0.05, 0) is 45.2 Å². The molecule has 4 heteroatoms. The van der Waals surface area contributed by atoms with E-state index in [4.69, 9.17) is 10.3 Å². The monoisotopic (exact) mass is 433 g/mol. The van der Waals surface area contributed by atoms with Gasteiger partial charge in [0, 0.05) is 11.3 Å². The van der Waals surface area contributed by atoms with Crippen LogP contribution in [0.1, 0.15) is 58.2 Å². The molecule has 1 aliphatic rings. The summed E-state index contributed by atoms with van der Waals surface area (Å²) in [7, 11) is -3.16. The molecule has 0 saturated carbocycles. The Morgan fingerprint density at radius 1 is 0.806 bits per heavy atom. The summed E-state index contributed by atoms with van der Waals surface area (Å²) in [5.74, 6) is 0.687. The van der Waals surface area contributed by atoms with Crippen molar-refractivity contribution in [2.45, 2.75) is 58.5 Å². The number of para-hydroxylation sites is 1. The largest absolute Gasteiger partial charge is 0.439 e. The highest BCUT2D eigenvalue weighted by Crippen LogP contribution is 2.57. The SMILES string of the molecule is CC(C)(C)c1cc(CP2(=O)Oc3ccccc3-c3ccccc32)cc(C(C)(C)C)c1N. The summed E-state index contributed by atoms with van der Waals surface area (Å²) < 4.78 is 20.6. The van der Waals surface area contributed by atoms with Crippen LogP contribution >= 0.6 is 7.37 Å². The highest BCUT2D eigenvalue weighted by Gasteiger charge is 2.37. The lowest BCUT2D eigenvalue weighted by Gasteiger charge is -2.31. The summed E-state index contributed by atoms with van der Waals surface area (Å²) >= 11 is 0. The molecule has 0 bridgehead atoms. The zero-order chi connectivity index (χ0) is 22.6. The number of anilines is 1. The second kappa shape index (κ2) is 7.28. The van der Waals surface area contributed by atoms with E-state index in [0.29, 0.717) is 11.9 Å². The molecule has 162 valence electrons. The zero-order valence-electron chi connectivity index (χ0n) is 19.3. The Morgan fingerprint density at radius 2 is 1.32 bits per heavy atom. The van der Waals surface area contributed by atoms with E-state index in [1.54, 1.807) is 0 Å². The van der Waals surface area contributed by atoms with Crippen LogP contribution in [0.5, 0.6) is 5.75 Å². The third kappa shape index (κ3) is 3.92. The van der Waals surface area contributed by atoms with Gasteiger partial charge >= 0.3 is 0 Å². The molecule has 3 aromatic carbocycles. The fourth-order valence-electron chi connectivity index (χ4n) is 4.38. The van der Waals surface area contributed by atoms with E-state index in [2.05, 4.69) is 53.7 Å². The van der Waals surface area contributed by atoms with Crippen LogP contribution in [0.4, 0.5) is 5.69 Å². The molecular formula is C27H32NO2P. The molecule has 1 atom stereocenters. The van der Waals surface area contributed by atoms with Crippen LogP contribution in [0.25, 0.3) is 11.1 Å². The van der Waals surface area contributed by atoms with E-state index in [0.717, 1.165) is 38.8 Å². The van der Waals surface area contributed by atoms with Crippen LogP contribution in [0.3, 0.4) is 0 Å². The lowest BCUT2D eigenvalue weighted by atomic mass is 9.78. The fourth-order valence-corrected chi connectivity index (χ4v) is 6.73. The average Bonchev–Trinajstić information content (AvgIpc) is 2.68. The zero-order valence-corrected chi connectivity index (χ0v) is 20.2. The second-order valence-corrected chi connectivity index (χ2v) is 12.9. The van der Waals surface area contributed by atoms with E-state index in [1.807, 2.05) is 48.5 Å². The van der Waals surface area contributed by atoms with Crippen LogP contribution in [0, 0.1) is 0 Å². The molecule has 2 N–H and O–H groups in total. The first-order chi connectivity index (χ1) is 14.4. The molecule has 1 unspecified atom stereocenters. The molecule has 0 fully saturated rings. The molecule has 0 amide bonds. The van der Waals surface area contributed by atoms with Crippen LogP contribution in [-0.4, -0.2) is 0 Å². The van der Waals surface area contributed by atoms with Crippen LogP contribution in [-0.2, 0) is 21.6 Å². The lowest BCUT2D eigenvalue weighted by molar-refractivity contribution is 0.490. The number of fused-ring (bicyclic) bond motifs is 3. The molecular weight excluding hydrogens is 401 g/mol. The van der Waals surface area contributed by atoms with Crippen molar-refractivity contribution in [1.29, 1.82) is 0 Å². The molecule has 0 aromatic heterocycles. The van der Waals surface area contributed by atoms with Crippen molar-refractivity contribution in [1.82, 2.24) is 0 Å². The Bertz CT molecular complexity index is 1160. The van der Waals surface area contributed by atoms with Gasteiger partial charge in [0.15, 0.2) is 0 Å². The number of nitrogens with two attached hydrogens (primary N) is 1. The first-order valence-electron chi connectivity index (χ1n) is 10.8. The number of nitrogen functional groups attached to an aromatic ring is 1. The maximum Gasteiger partial charge on any atom is 0.282 e. The normalized spacial score (nSPS) is 18.1. The van der Waals surface area contributed by atoms with Gasteiger partial charge in [-0.15, -0.1) is 0 Å². The quantitative estimate of drug-likeness (QED) is 0.349. The Hall–Kier alpha value is -2.51. The van der Waals surface area contributed by atoms with E-state index in [9.17, 15) is 4.57 Å². The van der Waals surface area contributed by atoms with Crippen molar-refractivity contribution < 1.29 is 9.09 Å². The van der Waals surface area contributed by atoms with Gasteiger partial charge in [-0.25, -0.2) is 0 Å². The Labute approximate surface area is 186 Å². The molecule has 4 rings (SSSR count). The van der Waals surface area contributed by atoms with Crippen molar-refractivity contribution in [3.05, 3.63) is 77.4 Å². The summed E-state index contributed by atoms with van der Waals surface area (Å²) in [6, 6.07) is 20.0. The van der Waals surface area contributed by atoms with Crippen molar-refractivity contribution in [2.24, 2.45) is 0 Å². The maximum atomic E-state index is 14.3. The number of hydrogen-bond donors (Lipinski definition) is 1. The van der Waals surface area contributed by atoms with Crippen LogP contribution < -0.4 is 15.6 Å². The number of rotatable bonds is 2. The number of benzene rings is 3. The Morgan fingerprint density at radius 3 is 1.90 bits per heavy atom. The predicted molar refractivity (Wildman–Crippen MR) is 132 cm³/mol. The van der Waals surface area contributed by atoms with Crippen LogP contribution in [0.15, 0.2) is 60.7 Å². The number of hydrogen-bond acceptors (Lipinski definition) is 3. The van der Waals surface area contributed by atoms with Gasteiger partial charge in [0.1, 0.15) is 5.75 Å². The smallest absolute Gasteiger partial charge is 0.282 e. The van der Waals surface area contributed by atoms with Crippen molar-refractivity contribution in [2.75, 3.05) is 5.73 Å². The van der Waals surface area contributed by atoms with Crippen molar-refractivity contribution in [3.63, 3.8) is 0 Å². The first-order valence-corrected chi connectivity index (χ1v) is 12.6. The Kier molecular flexibility index (Phi) is 5.10. The molecule has 1 aliphatic heterocycles. The maximum absolute atomic E-state index is 14.3. The average molecular weight is 434 g/mol. The third-order valence-corrected chi connectivity index (χ3v) is 8.34. The molecule has 3 aromatic rings. The van der Waals surface area contributed by atoms with Gasteiger partial charge in [-0.3, -0.25) is 4.57 Å². The standard InChI is InChI=1S/C27H32NO2P/c1-26(2,3)21-15-18(16-22(25(21)28)27(4,5)6)17-31(29)24-14-10-8-12-20(24)19-11-7-9-13-23(19)30-31/h7-16H,17,28H2,1-6H3. The van der Waals surface area contributed by atoms with Crippen molar-refractivity contribution >= 4 is 18.4 Å².